The molecule has 30 heavy (non-hydrogen) atoms. The van der Waals surface area contributed by atoms with Gasteiger partial charge in [0.05, 0.1) is 0 Å². The van der Waals surface area contributed by atoms with Gasteiger partial charge in [-0.25, -0.2) is 0 Å². The lowest BCUT2D eigenvalue weighted by Gasteiger charge is -2.17. The van der Waals surface area contributed by atoms with Gasteiger partial charge in [0.1, 0.15) is 0 Å². The normalized spacial score (nSPS) is 11.3. The van der Waals surface area contributed by atoms with Crippen molar-refractivity contribution in [1.29, 1.82) is 0 Å². The summed E-state index contributed by atoms with van der Waals surface area (Å²) in [6.45, 7) is 9.21. The van der Waals surface area contributed by atoms with Crippen molar-refractivity contribution >= 4 is 47.0 Å². The minimum Gasteiger partial charge on any atom is -0.126 e. The summed E-state index contributed by atoms with van der Waals surface area (Å²) >= 11 is 8.45. The second kappa shape index (κ2) is 20.2. The van der Waals surface area contributed by atoms with Crippen molar-refractivity contribution in [2.24, 2.45) is 0 Å². The third kappa shape index (κ3) is 13.2. The van der Waals surface area contributed by atoms with E-state index in [-0.39, 0.29) is 0 Å². The highest BCUT2D eigenvalue weighted by Gasteiger charge is 2.14. The molecule has 0 N–H and O–H groups in total. The Morgan fingerprint density at radius 2 is 0.833 bits per heavy atom. The van der Waals surface area contributed by atoms with Crippen LogP contribution in [0.4, 0.5) is 0 Å². The van der Waals surface area contributed by atoms with Crippen LogP contribution < -0.4 is 0 Å². The van der Waals surface area contributed by atoms with E-state index in [1.807, 2.05) is 0 Å². The Kier molecular flexibility index (Phi) is 19.3. The summed E-state index contributed by atoms with van der Waals surface area (Å²) in [5, 5.41) is 0. The molecule has 0 bridgehead atoms. The van der Waals surface area contributed by atoms with Crippen molar-refractivity contribution in [3.63, 3.8) is 0 Å². The zero-order valence-electron chi connectivity index (χ0n) is 20.1. The zero-order valence-corrected chi connectivity index (χ0v) is 23.4. The minimum absolute atomic E-state index is 1.26. The first kappa shape index (κ1) is 28.7. The molecule has 0 saturated carbocycles. The number of thioether (sulfide) groups is 4. The first-order valence-corrected chi connectivity index (χ1v) is 16.4. The van der Waals surface area contributed by atoms with Gasteiger partial charge in [-0.05, 0) is 60.8 Å². The maximum absolute atomic E-state index is 2.52. The number of benzene rings is 1. The quantitative estimate of drug-likeness (QED) is 0.133. The maximum Gasteiger partial charge on any atom is 0.0345 e. The number of unbranched alkanes of at least 4 members (excludes halogenated alkanes) is 8. The van der Waals surface area contributed by atoms with Crippen LogP contribution in [0.15, 0.2) is 31.7 Å². The summed E-state index contributed by atoms with van der Waals surface area (Å²) in [6.07, 6.45) is 16.0. The Labute approximate surface area is 205 Å². The van der Waals surface area contributed by atoms with Crippen molar-refractivity contribution in [2.45, 2.75) is 124 Å². The van der Waals surface area contributed by atoms with Crippen LogP contribution in [0.1, 0.15) is 105 Å². The Hall–Kier alpha value is 0.620. The molecule has 0 radical (unpaired) electrons. The molecule has 0 saturated heterocycles. The molecule has 1 aromatic rings. The van der Waals surface area contributed by atoms with Crippen LogP contribution >= 0.6 is 47.0 Å². The topological polar surface area (TPSA) is 0 Å². The smallest absolute Gasteiger partial charge is 0.0345 e. The number of hydrogen-bond donors (Lipinski definition) is 0. The average Bonchev–Trinajstić information content (AvgIpc) is 2.76. The van der Waals surface area contributed by atoms with Crippen LogP contribution in [0.25, 0.3) is 0 Å². The molecule has 0 aliphatic carbocycles. The van der Waals surface area contributed by atoms with Crippen molar-refractivity contribution in [1.82, 2.24) is 0 Å². The van der Waals surface area contributed by atoms with E-state index >= 15 is 0 Å². The standard InChI is InChI=1S/C26H46S4/c1-5-9-13-17-27-23-21-24(28-18-14-10-6-2)26(30-20-16-12-8-4)25(22-23)29-19-15-11-7-3/h21-22H,5-20H2,1-4H3. The highest BCUT2D eigenvalue weighted by Crippen LogP contribution is 2.43. The van der Waals surface area contributed by atoms with E-state index in [1.165, 1.54) is 105 Å². The van der Waals surface area contributed by atoms with E-state index < -0.39 is 0 Å². The van der Waals surface area contributed by atoms with Gasteiger partial charge in [0.15, 0.2) is 0 Å². The number of rotatable bonds is 20. The van der Waals surface area contributed by atoms with E-state index in [0.29, 0.717) is 0 Å². The molecule has 174 valence electrons. The Morgan fingerprint density at radius 1 is 0.467 bits per heavy atom. The fraction of sp³-hybridized carbons (Fsp3) is 0.769. The Morgan fingerprint density at radius 3 is 1.23 bits per heavy atom. The lowest BCUT2D eigenvalue weighted by atomic mass is 10.3. The Balaban J connectivity index is 2.96. The SMILES string of the molecule is CCCCCSc1cc(SCCCCC)c(SCCCCC)c(SCCCCC)c1. The zero-order chi connectivity index (χ0) is 21.9. The van der Waals surface area contributed by atoms with E-state index in [1.54, 1.807) is 14.7 Å². The van der Waals surface area contributed by atoms with Crippen LogP contribution in [0.5, 0.6) is 0 Å². The molecule has 1 aromatic carbocycles. The summed E-state index contributed by atoms with van der Waals surface area (Å²) in [5.74, 6) is 5.05. The monoisotopic (exact) mass is 486 g/mol. The number of hydrogen-bond acceptors (Lipinski definition) is 4. The molecule has 0 aliphatic heterocycles. The van der Waals surface area contributed by atoms with Gasteiger partial charge in [0.25, 0.3) is 0 Å². The molecule has 1 rings (SSSR count). The van der Waals surface area contributed by atoms with Gasteiger partial charge < -0.3 is 0 Å². The van der Waals surface area contributed by atoms with Crippen LogP contribution in [0, 0.1) is 0 Å². The molecular weight excluding hydrogens is 441 g/mol. The van der Waals surface area contributed by atoms with Crippen LogP contribution in [0.2, 0.25) is 0 Å². The summed E-state index contributed by atoms with van der Waals surface area (Å²) in [4.78, 5) is 6.21. The first-order chi connectivity index (χ1) is 14.8. The van der Waals surface area contributed by atoms with E-state index in [2.05, 4.69) is 86.9 Å². The van der Waals surface area contributed by atoms with E-state index in [4.69, 9.17) is 0 Å². The lowest BCUT2D eigenvalue weighted by Crippen LogP contribution is -1.92. The molecule has 0 fully saturated rings. The van der Waals surface area contributed by atoms with Crippen molar-refractivity contribution in [3.05, 3.63) is 12.1 Å². The molecule has 4 heteroatoms. The third-order valence-electron chi connectivity index (χ3n) is 5.02. The van der Waals surface area contributed by atoms with E-state index in [0.717, 1.165) is 0 Å². The van der Waals surface area contributed by atoms with Gasteiger partial charge in [0, 0.05) is 19.6 Å². The van der Waals surface area contributed by atoms with Crippen molar-refractivity contribution in [2.75, 3.05) is 23.0 Å². The first-order valence-electron chi connectivity index (χ1n) is 12.5. The van der Waals surface area contributed by atoms with Crippen molar-refractivity contribution in [3.8, 4) is 0 Å². The fourth-order valence-corrected chi connectivity index (χ4v) is 8.03. The van der Waals surface area contributed by atoms with Gasteiger partial charge in [0.2, 0.25) is 0 Å². The lowest BCUT2D eigenvalue weighted by molar-refractivity contribution is 0.775. The molecule has 0 heterocycles. The predicted octanol–water partition coefficient (Wildman–Crippen LogP) is 10.8. The molecule has 0 unspecified atom stereocenters. The van der Waals surface area contributed by atoms with Gasteiger partial charge in [-0.15, -0.1) is 47.0 Å². The fourth-order valence-electron chi connectivity index (χ4n) is 3.13. The predicted molar refractivity (Wildman–Crippen MR) is 147 cm³/mol. The summed E-state index contributed by atoms with van der Waals surface area (Å²) in [6, 6.07) is 5.04. The van der Waals surface area contributed by atoms with Crippen LogP contribution in [-0.4, -0.2) is 23.0 Å². The van der Waals surface area contributed by atoms with Gasteiger partial charge in [-0.2, -0.15) is 0 Å². The van der Waals surface area contributed by atoms with Crippen LogP contribution in [-0.2, 0) is 0 Å². The Bertz CT molecular complexity index is 497. The maximum atomic E-state index is 2.52. The van der Waals surface area contributed by atoms with Crippen LogP contribution in [0.3, 0.4) is 0 Å². The second-order valence-corrected chi connectivity index (χ2v) is 12.5. The van der Waals surface area contributed by atoms with E-state index in [9.17, 15) is 0 Å². The molecular formula is C26H46S4. The molecule has 0 aliphatic rings. The average molecular weight is 487 g/mol. The molecule has 0 amide bonds. The summed E-state index contributed by atoms with van der Waals surface area (Å²) in [7, 11) is 0. The summed E-state index contributed by atoms with van der Waals surface area (Å²) < 4.78 is 0. The second-order valence-electron chi connectivity index (χ2n) is 7.97. The highest BCUT2D eigenvalue weighted by atomic mass is 32.2. The van der Waals surface area contributed by atoms with Gasteiger partial charge >= 0.3 is 0 Å². The summed E-state index contributed by atoms with van der Waals surface area (Å²) in [5.41, 5.74) is 0. The van der Waals surface area contributed by atoms with Crippen molar-refractivity contribution < 1.29 is 0 Å². The van der Waals surface area contributed by atoms with Gasteiger partial charge in [-0.1, -0.05) is 79.1 Å². The third-order valence-corrected chi connectivity index (χ3v) is 9.81. The molecule has 0 aromatic heterocycles. The largest absolute Gasteiger partial charge is 0.126 e. The van der Waals surface area contributed by atoms with Gasteiger partial charge in [-0.3, -0.25) is 0 Å². The molecule has 0 spiro atoms. The minimum atomic E-state index is 1.26. The molecule has 0 nitrogen and oxygen atoms in total. The highest BCUT2D eigenvalue weighted by molar-refractivity contribution is 8.04. The molecule has 0 atom stereocenters.